The molecule has 0 radical (unpaired) electrons. The first-order chi connectivity index (χ1) is 10.8. The van der Waals surface area contributed by atoms with Crippen molar-refractivity contribution in [2.24, 2.45) is 0 Å². The van der Waals surface area contributed by atoms with E-state index < -0.39 is 0 Å². The van der Waals surface area contributed by atoms with Crippen molar-refractivity contribution in [3.8, 4) is 0 Å². The predicted molar refractivity (Wildman–Crippen MR) is 87.7 cm³/mol. The molecule has 3 rings (SSSR count). The van der Waals surface area contributed by atoms with Crippen LogP contribution >= 0.6 is 0 Å². The Kier molecular flexibility index (Phi) is 4.39. The number of amides is 2. The number of ether oxygens (including phenoxy) is 1. The fourth-order valence-corrected chi connectivity index (χ4v) is 2.52. The number of carbonyl (C=O) groups excluding carboxylic acids is 1. The second kappa shape index (κ2) is 6.62. The Balaban J connectivity index is 1.47. The number of benzene rings is 2. The number of hydrogen-bond acceptors (Lipinski definition) is 2. The summed E-state index contributed by atoms with van der Waals surface area (Å²) in [5.74, 6) is 0. The summed E-state index contributed by atoms with van der Waals surface area (Å²) in [5.41, 5.74) is 1.16. The fraction of sp³-hybridized carbons (Fsp3) is 0.278. The van der Waals surface area contributed by atoms with Gasteiger partial charge in [0.1, 0.15) is 0 Å². The minimum atomic E-state index is -0.0505. The molecule has 1 heterocycles. The lowest BCUT2D eigenvalue weighted by Gasteiger charge is -2.38. The molecule has 0 aliphatic carbocycles. The molecule has 1 saturated heterocycles. The van der Waals surface area contributed by atoms with Gasteiger partial charge in [-0.2, -0.15) is 0 Å². The van der Waals surface area contributed by atoms with E-state index in [1.165, 1.54) is 10.8 Å². The summed E-state index contributed by atoms with van der Waals surface area (Å²) in [6.45, 7) is 5.96. The summed E-state index contributed by atoms with van der Waals surface area (Å²) in [5, 5.41) is 5.22. The second-order valence-electron chi connectivity index (χ2n) is 5.49. The highest BCUT2D eigenvalue weighted by Gasteiger charge is 2.30. The molecule has 0 bridgehead atoms. The first-order valence-corrected chi connectivity index (χ1v) is 7.49. The maximum Gasteiger partial charge on any atom is 0.317 e. The smallest absolute Gasteiger partial charge is 0.317 e. The van der Waals surface area contributed by atoms with Gasteiger partial charge < -0.3 is 15.0 Å². The Labute approximate surface area is 130 Å². The zero-order valence-electron chi connectivity index (χ0n) is 12.5. The van der Waals surface area contributed by atoms with E-state index >= 15 is 0 Å². The van der Waals surface area contributed by atoms with E-state index in [0.29, 0.717) is 26.2 Å². The number of fused-ring (bicyclic) bond motifs is 1. The van der Waals surface area contributed by atoms with Gasteiger partial charge in [0.25, 0.3) is 0 Å². The average molecular weight is 296 g/mol. The summed E-state index contributed by atoms with van der Waals surface area (Å²) < 4.78 is 5.86. The van der Waals surface area contributed by atoms with Crippen LogP contribution in [0.2, 0.25) is 0 Å². The van der Waals surface area contributed by atoms with Gasteiger partial charge in [0.2, 0.25) is 0 Å². The first-order valence-electron chi connectivity index (χ1n) is 7.49. The van der Waals surface area contributed by atoms with Crippen LogP contribution in [0.5, 0.6) is 0 Å². The molecule has 4 heteroatoms. The van der Waals surface area contributed by atoms with Crippen LogP contribution in [0.3, 0.4) is 0 Å². The van der Waals surface area contributed by atoms with Gasteiger partial charge in [-0.1, -0.05) is 42.5 Å². The van der Waals surface area contributed by atoms with Crippen LogP contribution in [-0.2, 0) is 11.3 Å². The van der Waals surface area contributed by atoms with E-state index in [0.717, 1.165) is 5.56 Å². The number of likely N-dealkylation sites (tertiary alicyclic amines) is 1. The quantitative estimate of drug-likeness (QED) is 0.862. The molecule has 4 nitrogen and oxygen atoms in total. The van der Waals surface area contributed by atoms with Gasteiger partial charge in [-0.05, 0) is 22.4 Å². The van der Waals surface area contributed by atoms with Crippen LogP contribution in [0.15, 0.2) is 55.1 Å². The molecular formula is C18H20N2O2. The number of hydrogen-bond donors (Lipinski definition) is 1. The van der Waals surface area contributed by atoms with E-state index in [1.807, 2.05) is 12.1 Å². The molecule has 1 aliphatic heterocycles. The van der Waals surface area contributed by atoms with Crippen LogP contribution < -0.4 is 5.32 Å². The average Bonchev–Trinajstić information content (AvgIpc) is 2.51. The van der Waals surface area contributed by atoms with Crippen molar-refractivity contribution in [2.45, 2.75) is 12.7 Å². The third-order valence-corrected chi connectivity index (χ3v) is 3.83. The highest BCUT2D eigenvalue weighted by atomic mass is 16.5. The summed E-state index contributed by atoms with van der Waals surface area (Å²) in [7, 11) is 0. The van der Waals surface area contributed by atoms with Crippen LogP contribution in [0.25, 0.3) is 10.8 Å². The highest BCUT2D eigenvalue weighted by Crippen LogP contribution is 2.18. The number of rotatable bonds is 5. The number of nitrogens with zero attached hydrogens (tertiary/aromatic N) is 1. The fourth-order valence-electron chi connectivity index (χ4n) is 2.52. The molecule has 1 N–H and O–H groups in total. The van der Waals surface area contributed by atoms with Gasteiger partial charge in [-0.15, -0.1) is 6.58 Å². The van der Waals surface area contributed by atoms with Gasteiger partial charge in [0.05, 0.1) is 25.8 Å². The SMILES string of the molecule is C=CCNC(=O)N1CC(OCc2ccc3ccccc3c2)C1. The molecule has 1 fully saturated rings. The molecule has 1 aliphatic rings. The maximum atomic E-state index is 11.7. The van der Waals surface area contributed by atoms with Gasteiger partial charge in [0, 0.05) is 6.54 Å². The van der Waals surface area contributed by atoms with Crippen LogP contribution in [0.4, 0.5) is 4.79 Å². The van der Waals surface area contributed by atoms with Gasteiger partial charge in [-0.25, -0.2) is 4.79 Å². The molecule has 0 unspecified atom stereocenters. The summed E-state index contributed by atoms with van der Waals surface area (Å²) >= 11 is 0. The summed E-state index contributed by atoms with van der Waals surface area (Å²) in [6, 6.07) is 14.6. The second-order valence-corrected chi connectivity index (χ2v) is 5.49. The molecule has 0 aromatic heterocycles. The normalized spacial score (nSPS) is 14.6. The van der Waals surface area contributed by atoms with E-state index in [-0.39, 0.29) is 12.1 Å². The van der Waals surface area contributed by atoms with Crippen molar-refractivity contribution >= 4 is 16.8 Å². The first kappa shape index (κ1) is 14.6. The topological polar surface area (TPSA) is 41.6 Å². The lowest BCUT2D eigenvalue weighted by atomic mass is 10.1. The van der Waals surface area contributed by atoms with Gasteiger partial charge >= 0.3 is 6.03 Å². The van der Waals surface area contributed by atoms with Crippen molar-refractivity contribution in [3.63, 3.8) is 0 Å². The molecule has 0 saturated carbocycles. The molecule has 2 aromatic carbocycles. The molecule has 22 heavy (non-hydrogen) atoms. The number of carbonyl (C=O) groups is 1. The number of nitrogens with one attached hydrogen (secondary N) is 1. The van der Waals surface area contributed by atoms with E-state index in [4.69, 9.17) is 4.74 Å². The van der Waals surface area contributed by atoms with Crippen molar-refractivity contribution in [1.29, 1.82) is 0 Å². The van der Waals surface area contributed by atoms with Crippen LogP contribution in [-0.4, -0.2) is 36.7 Å². The summed E-state index contributed by atoms with van der Waals surface area (Å²) in [6.07, 6.45) is 1.80. The molecule has 114 valence electrons. The van der Waals surface area contributed by atoms with Crippen molar-refractivity contribution in [2.75, 3.05) is 19.6 Å². The van der Waals surface area contributed by atoms with Crippen molar-refractivity contribution in [3.05, 3.63) is 60.7 Å². The number of urea groups is 1. The monoisotopic (exact) mass is 296 g/mol. The lowest BCUT2D eigenvalue weighted by Crippen LogP contribution is -2.57. The highest BCUT2D eigenvalue weighted by molar-refractivity contribution is 5.82. The zero-order chi connectivity index (χ0) is 15.4. The van der Waals surface area contributed by atoms with Crippen molar-refractivity contribution in [1.82, 2.24) is 10.2 Å². The Morgan fingerprint density at radius 2 is 2.05 bits per heavy atom. The lowest BCUT2D eigenvalue weighted by molar-refractivity contribution is -0.0440. The molecule has 0 spiro atoms. The maximum absolute atomic E-state index is 11.7. The molecule has 2 aromatic rings. The van der Waals surface area contributed by atoms with E-state index in [9.17, 15) is 4.79 Å². The largest absolute Gasteiger partial charge is 0.370 e. The Morgan fingerprint density at radius 3 is 2.82 bits per heavy atom. The zero-order valence-corrected chi connectivity index (χ0v) is 12.5. The van der Waals surface area contributed by atoms with Gasteiger partial charge in [0.15, 0.2) is 0 Å². The van der Waals surface area contributed by atoms with Crippen LogP contribution in [0.1, 0.15) is 5.56 Å². The third kappa shape index (κ3) is 3.28. The Hall–Kier alpha value is -2.33. The van der Waals surface area contributed by atoms with Crippen molar-refractivity contribution < 1.29 is 9.53 Å². The Morgan fingerprint density at radius 1 is 1.27 bits per heavy atom. The summed E-state index contributed by atoms with van der Waals surface area (Å²) in [4.78, 5) is 13.4. The standard InChI is InChI=1S/C18H20N2O2/c1-2-9-19-18(21)20-11-17(12-20)22-13-14-7-8-15-5-3-4-6-16(15)10-14/h2-8,10,17H,1,9,11-13H2,(H,19,21). The minimum Gasteiger partial charge on any atom is -0.370 e. The van der Waals surface area contributed by atoms with Gasteiger partial charge in [-0.3, -0.25) is 0 Å². The van der Waals surface area contributed by atoms with E-state index in [2.05, 4.69) is 42.2 Å². The van der Waals surface area contributed by atoms with Crippen LogP contribution in [0, 0.1) is 0 Å². The minimum absolute atomic E-state index is 0.0505. The third-order valence-electron chi connectivity index (χ3n) is 3.83. The molecular weight excluding hydrogens is 276 g/mol. The molecule has 2 amide bonds. The molecule has 0 atom stereocenters. The predicted octanol–water partition coefficient (Wildman–Crippen LogP) is 2.94. The van der Waals surface area contributed by atoms with E-state index in [1.54, 1.807) is 11.0 Å². The Bertz CT molecular complexity index is 678.